The van der Waals surface area contributed by atoms with Crippen LogP contribution in [0, 0.1) is 13.8 Å². The minimum absolute atomic E-state index is 0.126. The van der Waals surface area contributed by atoms with Crippen LogP contribution in [-0.4, -0.2) is 24.5 Å². The summed E-state index contributed by atoms with van der Waals surface area (Å²) in [6.07, 6.45) is 0.741. The molecule has 1 aliphatic heterocycles. The van der Waals surface area contributed by atoms with E-state index >= 15 is 0 Å². The highest BCUT2D eigenvalue weighted by molar-refractivity contribution is 9.10. The van der Waals surface area contributed by atoms with Crippen LogP contribution in [0.5, 0.6) is 0 Å². The lowest BCUT2D eigenvalue weighted by molar-refractivity contribution is 0.535. The molecular weight excluding hydrogens is 278 g/mol. The monoisotopic (exact) mass is 291 g/mol. The topological polar surface area (TPSA) is 39.1 Å². The Morgan fingerprint density at radius 1 is 1.47 bits per heavy atom. The molecule has 1 aromatic rings. The van der Waals surface area contributed by atoms with Crippen LogP contribution in [0.25, 0.3) is 0 Å². The Kier molecular flexibility index (Phi) is 2.71. The van der Waals surface area contributed by atoms with Crippen molar-refractivity contribution in [3.05, 3.63) is 21.9 Å². The Labute approximate surface area is 98.5 Å². The van der Waals surface area contributed by atoms with Crippen LogP contribution in [0.4, 0.5) is 0 Å². The van der Waals surface area contributed by atoms with Crippen LogP contribution in [-0.2, 0) is 9.84 Å². The van der Waals surface area contributed by atoms with Crippen molar-refractivity contribution in [1.82, 2.24) is 4.57 Å². The fourth-order valence-electron chi connectivity index (χ4n) is 2.28. The third-order valence-corrected chi connectivity index (χ3v) is 5.55. The van der Waals surface area contributed by atoms with Gasteiger partial charge < -0.3 is 4.57 Å². The maximum Gasteiger partial charge on any atom is 0.152 e. The summed E-state index contributed by atoms with van der Waals surface area (Å²) < 4.78 is 26.0. The van der Waals surface area contributed by atoms with Gasteiger partial charge in [-0.1, -0.05) is 0 Å². The fraction of sp³-hybridized carbons (Fsp3) is 0.600. The van der Waals surface area contributed by atoms with Crippen LogP contribution in [0.15, 0.2) is 10.5 Å². The summed E-state index contributed by atoms with van der Waals surface area (Å²) in [6, 6.07) is 2.17. The van der Waals surface area contributed by atoms with E-state index in [-0.39, 0.29) is 11.8 Å². The molecule has 84 valence electrons. The molecule has 1 saturated heterocycles. The summed E-state index contributed by atoms with van der Waals surface area (Å²) >= 11 is 3.47. The van der Waals surface area contributed by atoms with E-state index in [1.807, 2.05) is 19.9 Å². The lowest BCUT2D eigenvalue weighted by Gasteiger charge is -2.15. The van der Waals surface area contributed by atoms with Crippen molar-refractivity contribution in [1.29, 1.82) is 0 Å². The molecule has 5 heteroatoms. The number of hydrogen-bond donors (Lipinski definition) is 0. The minimum Gasteiger partial charge on any atom is -0.344 e. The van der Waals surface area contributed by atoms with Crippen LogP contribution in [0.1, 0.15) is 23.9 Å². The molecule has 3 nitrogen and oxygen atoms in total. The fourth-order valence-corrected chi connectivity index (χ4v) is 4.50. The molecule has 0 N–H and O–H groups in total. The first-order valence-corrected chi connectivity index (χ1v) is 7.56. The van der Waals surface area contributed by atoms with Crippen LogP contribution in [0.3, 0.4) is 0 Å². The number of nitrogens with zero attached hydrogens (tertiary/aromatic N) is 1. The molecule has 0 radical (unpaired) electrons. The average molecular weight is 292 g/mol. The zero-order valence-electron chi connectivity index (χ0n) is 8.83. The zero-order valence-corrected chi connectivity index (χ0v) is 11.2. The number of rotatable bonds is 1. The second-order valence-electron chi connectivity index (χ2n) is 4.15. The number of hydrogen-bond acceptors (Lipinski definition) is 2. The zero-order chi connectivity index (χ0) is 11.2. The number of sulfone groups is 1. The summed E-state index contributed by atoms with van der Waals surface area (Å²) in [5.41, 5.74) is 2.25. The van der Waals surface area contributed by atoms with Crippen LogP contribution >= 0.6 is 15.9 Å². The molecule has 15 heavy (non-hydrogen) atoms. The van der Waals surface area contributed by atoms with Crippen molar-refractivity contribution in [2.24, 2.45) is 0 Å². The van der Waals surface area contributed by atoms with Gasteiger partial charge in [0, 0.05) is 21.9 Å². The van der Waals surface area contributed by atoms with Crippen molar-refractivity contribution in [2.45, 2.75) is 26.3 Å². The smallest absolute Gasteiger partial charge is 0.152 e. The van der Waals surface area contributed by atoms with E-state index in [1.165, 1.54) is 0 Å². The quantitative estimate of drug-likeness (QED) is 0.796. The summed E-state index contributed by atoms with van der Waals surface area (Å²) in [5, 5.41) is 0. The van der Waals surface area contributed by atoms with Gasteiger partial charge in [-0.3, -0.25) is 0 Å². The highest BCUT2D eigenvalue weighted by atomic mass is 79.9. The summed E-state index contributed by atoms with van der Waals surface area (Å²) in [6.45, 7) is 4.03. The van der Waals surface area contributed by atoms with Crippen molar-refractivity contribution in [3.63, 3.8) is 0 Å². The normalized spacial score (nSPS) is 24.6. The number of halogens is 1. The summed E-state index contributed by atoms with van der Waals surface area (Å²) in [4.78, 5) is 0. The lowest BCUT2D eigenvalue weighted by atomic mass is 10.2. The van der Waals surface area contributed by atoms with Gasteiger partial charge in [-0.15, -0.1) is 0 Å². The van der Waals surface area contributed by atoms with Crippen LogP contribution < -0.4 is 0 Å². The van der Waals surface area contributed by atoms with E-state index in [4.69, 9.17) is 0 Å². The van der Waals surface area contributed by atoms with Gasteiger partial charge in [0.2, 0.25) is 0 Å². The van der Waals surface area contributed by atoms with Gasteiger partial charge in [0.25, 0.3) is 0 Å². The molecule has 1 aromatic heterocycles. The number of aromatic nitrogens is 1. The largest absolute Gasteiger partial charge is 0.344 e. The molecule has 1 atom stereocenters. The highest BCUT2D eigenvalue weighted by Gasteiger charge is 2.30. The first-order chi connectivity index (χ1) is 6.91. The van der Waals surface area contributed by atoms with Gasteiger partial charge in [0.05, 0.1) is 11.5 Å². The number of aryl methyl sites for hydroxylation is 1. The molecule has 0 spiro atoms. The van der Waals surface area contributed by atoms with Crippen molar-refractivity contribution >= 4 is 25.8 Å². The van der Waals surface area contributed by atoms with Crippen molar-refractivity contribution < 1.29 is 8.42 Å². The Morgan fingerprint density at radius 2 is 2.13 bits per heavy atom. The molecule has 0 unspecified atom stereocenters. The van der Waals surface area contributed by atoms with Gasteiger partial charge in [0.1, 0.15) is 0 Å². The van der Waals surface area contributed by atoms with E-state index in [1.54, 1.807) is 0 Å². The van der Waals surface area contributed by atoms with E-state index in [0.717, 1.165) is 22.3 Å². The molecule has 0 amide bonds. The Balaban J connectivity index is 2.39. The molecule has 2 heterocycles. The van der Waals surface area contributed by atoms with E-state index in [9.17, 15) is 8.42 Å². The first kappa shape index (κ1) is 11.2. The van der Waals surface area contributed by atoms with Gasteiger partial charge >= 0.3 is 0 Å². The Bertz CT molecular complexity index is 490. The van der Waals surface area contributed by atoms with Crippen LogP contribution in [0.2, 0.25) is 0 Å². The average Bonchev–Trinajstić information content (AvgIpc) is 2.56. The van der Waals surface area contributed by atoms with E-state index in [0.29, 0.717) is 5.75 Å². The van der Waals surface area contributed by atoms with Crippen molar-refractivity contribution in [2.75, 3.05) is 11.5 Å². The van der Waals surface area contributed by atoms with E-state index < -0.39 is 9.84 Å². The maximum atomic E-state index is 11.4. The van der Waals surface area contributed by atoms with Gasteiger partial charge in [0.15, 0.2) is 9.84 Å². The lowest BCUT2D eigenvalue weighted by Crippen LogP contribution is -2.13. The third-order valence-electron chi connectivity index (χ3n) is 3.00. The minimum atomic E-state index is -2.80. The van der Waals surface area contributed by atoms with E-state index in [2.05, 4.69) is 20.5 Å². The van der Waals surface area contributed by atoms with Crippen molar-refractivity contribution in [3.8, 4) is 0 Å². The second-order valence-corrected chi connectivity index (χ2v) is 7.23. The van der Waals surface area contributed by atoms with Gasteiger partial charge in [-0.25, -0.2) is 8.42 Å². The first-order valence-electron chi connectivity index (χ1n) is 4.95. The maximum absolute atomic E-state index is 11.4. The molecule has 2 rings (SSSR count). The SMILES string of the molecule is Cc1cc(Br)c(C)n1[C@H]1CCS(=O)(=O)C1. The van der Waals surface area contributed by atoms with Gasteiger partial charge in [-0.05, 0) is 42.3 Å². The summed E-state index contributed by atoms with van der Waals surface area (Å²) in [5.74, 6) is 0.613. The molecule has 0 aromatic carbocycles. The highest BCUT2D eigenvalue weighted by Crippen LogP contribution is 2.30. The standard InChI is InChI=1S/C10H14BrNO2S/c1-7-5-10(11)8(2)12(7)9-3-4-15(13,14)6-9/h5,9H,3-4,6H2,1-2H3/t9-/m0/s1. The molecule has 1 aliphatic rings. The predicted molar refractivity (Wildman–Crippen MR) is 63.9 cm³/mol. The Hall–Kier alpha value is -0.290. The molecule has 1 fully saturated rings. The molecule has 0 aliphatic carbocycles. The molecule has 0 saturated carbocycles. The molecule has 0 bridgehead atoms. The second kappa shape index (κ2) is 3.63. The third kappa shape index (κ3) is 1.99. The Morgan fingerprint density at radius 3 is 2.53 bits per heavy atom. The van der Waals surface area contributed by atoms with Gasteiger partial charge in [-0.2, -0.15) is 0 Å². The summed E-state index contributed by atoms with van der Waals surface area (Å²) in [7, 11) is -2.80. The molecular formula is C10H14BrNO2S. The predicted octanol–water partition coefficient (Wildman–Crippen LogP) is 2.23.